The predicted octanol–water partition coefficient (Wildman–Crippen LogP) is -0.664. The van der Waals surface area contributed by atoms with E-state index in [9.17, 15) is 9.59 Å². The van der Waals surface area contributed by atoms with E-state index in [1.165, 1.54) is 23.1 Å². The minimum absolute atomic E-state index is 0.0926. The molecule has 25 heavy (non-hydrogen) atoms. The van der Waals surface area contributed by atoms with Crippen LogP contribution in [0, 0.1) is 0 Å². The van der Waals surface area contributed by atoms with Gasteiger partial charge >= 0.3 is 5.97 Å². The van der Waals surface area contributed by atoms with Crippen molar-refractivity contribution in [2.75, 3.05) is 32.1 Å². The molecular weight excluding hydrogens is 328 g/mol. The summed E-state index contributed by atoms with van der Waals surface area (Å²) in [5.74, 6) is -0.948. The molecule has 130 valence electrons. The van der Waals surface area contributed by atoms with E-state index in [1.54, 1.807) is 24.3 Å². The highest BCUT2D eigenvalue weighted by molar-refractivity contribution is 6.08. The van der Waals surface area contributed by atoms with E-state index >= 15 is 0 Å². The number of benzene rings is 1. The number of esters is 1. The average molecular weight is 344 g/mol. The Hall–Kier alpha value is -3.27. The molecule has 10 heteroatoms. The minimum atomic E-state index is -0.584. The molecule has 2 heterocycles. The summed E-state index contributed by atoms with van der Waals surface area (Å²) in [6.45, 7) is 0.0455. The van der Waals surface area contributed by atoms with Gasteiger partial charge in [-0.25, -0.2) is 4.79 Å². The quantitative estimate of drug-likeness (QED) is 0.662. The Kier molecular flexibility index (Phi) is 4.70. The van der Waals surface area contributed by atoms with Crippen LogP contribution in [-0.4, -0.2) is 68.9 Å². The lowest BCUT2D eigenvalue weighted by Crippen LogP contribution is -2.31. The van der Waals surface area contributed by atoms with Gasteiger partial charge in [-0.1, -0.05) is 0 Å². The molecule has 0 unspecified atom stereocenters. The summed E-state index contributed by atoms with van der Waals surface area (Å²) < 4.78 is 4.74. The second kappa shape index (κ2) is 7.09. The van der Waals surface area contributed by atoms with Gasteiger partial charge in [-0.05, 0) is 29.5 Å². The molecule has 10 nitrogen and oxygen atoms in total. The van der Waals surface area contributed by atoms with E-state index in [2.05, 4.69) is 20.7 Å². The number of ether oxygens (including phenoxy) is 1. The first-order chi connectivity index (χ1) is 12.1. The van der Waals surface area contributed by atoms with Crippen molar-refractivity contribution in [2.24, 2.45) is 0 Å². The Labute approximate surface area is 142 Å². The molecule has 1 aliphatic heterocycles. The van der Waals surface area contributed by atoms with Crippen LogP contribution in [-0.2, 0) is 14.3 Å². The lowest BCUT2D eigenvalue weighted by Gasteiger charge is -2.15. The number of β-amino-alcohol motifs (C(OH)–C–C–N with tert-alkyl or cyclic N) is 1. The molecule has 0 radical (unpaired) electrons. The lowest BCUT2D eigenvalue weighted by atomic mass is 10.2. The Morgan fingerprint density at radius 3 is 2.72 bits per heavy atom. The normalized spacial score (nSPS) is 14.2. The summed E-state index contributed by atoms with van der Waals surface area (Å²) >= 11 is 0. The number of hydrogen-bond acceptors (Lipinski definition) is 8. The van der Waals surface area contributed by atoms with E-state index in [0.717, 1.165) is 0 Å². The zero-order chi connectivity index (χ0) is 17.8. The number of aliphatic hydroxyl groups excluding tert-OH is 1. The molecule has 0 spiro atoms. The first-order valence-electron chi connectivity index (χ1n) is 7.46. The Balaban J connectivity index is 1.83. The van der Waals surface area contributed by atoms with Gasteiger partial charge in [-0.3, -0.25) is 4.79 Å². The van der Waals surface area contributed by atoms with Crippen molar-refractivity contribution in [3.05, 3.63) is 41.9 Å². The third-order valence-corrected chi connectivity index (χ3v) is 3.67. The van der Waals surface area contributed by atoms with Crippen LogP contribution in [0.3, 0.4) is 0 Å². The molecule has 0 atom stereocenters. The van der Waals surface area contributed by atoms with Crippen LogP contribution in [0.4, 0.5) is 5.69 Å². The fraction of sp³-hybridized carbons (Fsp3) is 0.267. The second-order valence-corrected chi connectivity index (χ2v) is 5.19. The van der Waals surface area contributed by atoms with Crippen molar-refractivity contribution in [1.82, 2.24) is 25.1 Å². The fourth-order valence-electron chi connectivity index (χ4n) is 2.46. The summed E-state index contributed by atoms with van der Waals surface area (Å²) in [6.07, 6.45) is 1.33. The highest BCUT2D eigenvalue weighted by Crippen LogP contribution is 2.23. The number of carbonyl (C=O) groups is 2. The molecule has 0 bridgehead atoms. The zero-order valence-electron chi connectivity index (χ0n) is 13.4. The van der Waals surface area contributed by atoms with E-state index in [-0.39, 0.29) is 36.9 Å². The Morgan fingerprint density at radius 1 is 1.36 bits per heavy atom. The second-order valence-electron chi connectivity index (χ2n) is 5.19. The van der Waals surface area contributed by atoms with Gasteiger partial charge in [0.25, 0.3) is 5.91 Å². The van der Waals surface area contributed by atoms with Crippen LogP contribution >= 0.6 is 0 Å². The third kappa shape index (κ3) is 3.33. The Morgan fingerprint density at radius 2 is 2.12 bits per heavy atom. The molecule has 0 saturated heterocycles. The first kappa shape index (κ1) is 16.6. The van der Waals surface area contributed by atoms with Crippen molar-refractivity contribution < 1.29 is 19.4 Å². The average Bonchev–Trinajstić information content (AvgIpc) is 3.26. The number of rotatable bonds is 6. The van der Waals surface area contributed by atoms with Crippen molar-refractivity contribution in [3.8, 4) is 5.69 Å². The van der Waals surface area contributed by atoms with Crippen molar-refractivity contribution in [3.63, 3.8) is 0 Å². The van der Waals surface area contributed by atoms with Crippen LogP contribution in [0.1, 0.15) is 0 Å². The first-order valence-corrected chi connectivity index (χ1v) is 7.46. The largest absolute Gasteiger partial charge is 0.466 e. The number of hydrogen-bond donors (Lipinski definition) is 2. The number of anilines is 1. The molecule has 1 aromatic carbocycles. The number of aliphatic hydroxyl groups is 1. The topological polar surface area (TPSA) is 122 Å². The third-order valence-electron chi connectivity index (χ3n) is 3.67. The van der Waals surface area contributed by atoms with Crippen LogP contribution < -0.4 is 5.32 Å². The van der Waals surface area contributed by atoms with Gasteiger partial charge < -0.3 is 20.1 Å². The molecule has 0 fully saturated rings. The van der Waals surface area contributed by atoms with Gasteiger partial charge in [0, 0.05) is 12.2 Å². The predicted molar refractivity (Wildman–Crippen MR) is 85.5 cm³/mol. The number of nitrogens with zero attached hydrogens (tertiary/aromatic N) is 5. The van der Waals surface area contributed by atoms with Crippen LogP contribution in [0.15, 0.2) is 41.9 Å². The van der Waals surface area contributed by atoms with Gasteiger partial charge in [-0.15, -0.1) is 15.0 Å². The molecule has 2 N–H and O–H groups in total. The number of aromatic nitrogens is 4. The fourth-order valence-corrected chi connectivity index (χ4v) is 2.46. The molecule has 1 aromatic heterocycles. The van der Waals surface area contributed by atoms with Crippen LogP contribution in [0.2, 0.25) is 0 Å². The highest BCUT2D eigenvalue weighted by Gasteiger charge is 2.34. The van der Waals surface area contributed by atoms with Gasteiger partial charge in [0.05, 0.1) is 31.5 Å². The number of tetrazole rings is 1. The maximum absolute atomic E-state index is 12.4. The van der Waals surface area contributed by atoms with Crippen LogP contribution in [0.5, 0.6) is 0 Å². The molecule has 1 aliphatic rings. The minimum Gasteiger partial charge on any atom is -0.466 e. The molecule has 2 aromatic rings. The van der Waals surface area contributed by atoms with Gasteiger partial charge in [0.2, 0.25) is 0 Å². The SMILES string of the molecule is COC(=O)C1=C(Nc2ccc(-n3ncnn3)cc2)C(=O)N(CCO)C1. The maximum Gasteiger partial charge on any atom is 0.337 e. The standard InChI is InChI=1S/C15H16N6O4/c1-25-15(24)12-8-20(6-7-22)14(23)13(12)18-10-2-4-11(5-3-10)21-17-9-16-19-21/h2-5,9,18,22H,6-8H2,1H3. The molecule has 0 saturated carbocycles. The maximum atomic E-state index is 12.4. The summed E-state index contributed by atoms with van der Waals surface area (Å²) in [6, 6.07) is 6.94. The van der Waals surface area contributed by atoms with E-state index in [4.69, 9.17) is 9.84 Å². The number of amides is 1. The molecule has 0 aliphatic carbocycles. The van der Waals surface area contributed by atoms with E-state index in [1.807, 2.05) is 0 Å². The van der Waals surface area contributed by atoms with E-state index in [0.29, 0.717) is 11.4 Å². The molecule has 3 rings (SSSR count). The summed E-state index contributed by atoms with van der Waals surface area (Å²) in [7, 11) is 1.26. The van der Waals surface area contributed by atoms with Gasteiger partial charge in [0.1, 0.15) is 5.70 Å². The van der Waals surface area contributed by atoms with Crippen LogP contribution in [0.25, 0.3) is 5.69 Å². The molecule has 1 amide bonds. The smallest absolute Gasteiger partial charge is 0.337 e. The van der Waals surface area contributed by atoms with Gasteiger partial charge in [-0.2, -0.15) is 0 Å². The number of carbonyl (C=O) groups excluding carboxylic acids is 2. The Bertz CT molecular complexity index is 800. The lowest BCUT2D eigenvalue weighted by molar-refractivity contribution is -0.136. The monoisotopic (exact) mass is 344 g/mol. The number of methoxy groups -OCH3 is 1. The van der Waals surface area contributed by atoms with Gasteiger partial charge in [0.15, 0.2) is 6.33 Å². The molecular formula is C15H16N6O4. The summed E-state index contributed by atoms with van der Waals surface area (Å²) in [5.41, 5.74) is 1.68. The number of nitrogens with one attached hydrogen (secondary N) is 1. The summed E-state index contributed by atoms with van der Waals surface area (Å²) in [5, 5.41) is 23.4. The summed E-state index contributed by atoms with van der Waals surface area (Å²) in [4.78, 5) is 27.1. The van der Waals surface area contributed by atoms with Crippen molar-refractivity contribution in [2.45, 2.75) is 0 Å². The highest BCUT2D eigenvalue weighted by atomic mass is 16.5. The van der Waals surface area contributed by atoms with Crippen molar-refractivity contribution in [1.29, 1.82) is 0 Å². The van der Waals surface area contributed by atoms with Crippen molar-refractivity contribution >= 4 is 17.6 Å². The zero-order valence-corrected chi connectivity index (χ0v) is 13.4. The van der Waals surface area contributed by atoms with E-state index < -0.39 is 5.97 Å².